The first kappa shape index (κ1) is 21.7. The molecule has 3 aliphatic rings. The molecule has 2 N–H and O–H groups in total. The van der Waals surface area contributed by atoms with Crippen molar-refractivity contribution in [1.82, 2.24) is 15.5 Å². The summed E-state index contributed by atoms with van der Waals surface area (Å²) in [5, 5.41) is 6.47. The third-order valence-electron chi connectivity index (χ3n) is 6.62. The molecule has 1 aliphatic heterocycles. The summed E-state index contributed by atoms with van der Waals surface area (Å²) >= 11 is 0. The summed E-state index contributed by atoms with van der Waals surface area (Å²) in [6, 6.07) is 0.500. The van der Waals surface area contributed by atoms with E-state index in [0.717, 1.165) is 44.9 Å². The number of likely N-dealkylation sites (tertiary alicyclic amines) is 1. The van der Waals surface area contributed by atoms with Gasteiger partial charge in [-0.1, -0.05) is 6.42 Å². The van der Waals surface area contributed by atoms with E-state index < -0.39 is 0 Å². The molecule has 2 unspecified atom stereocenters. The van der Waals surface area contributed by atoms with Crippen molar-refractivity contribution in [3.05, 3.63) is 0 Å². The number of halogens is 1. The number of piperidine rings is 1. The summed E-state index contributed by atoms with van der Waals surface area (Å²) in [4.78, 5) is 18.5. The normalized spacial score (nSPS) is 28.0. The first-order chi connectivity index (χ1) is 12.1. The number of ether oxygens (including phenoxy) is 1. The first-order valence-corrected chi connectivity index (χ1v) is 9.93. The van der Waals surface area contributed by atoms with Crippen LogP contribution in [0.5, 0.6) is 0 Å². The molecule has 0 bridgehead atoms. The molecule has 7 heteroatoms. The van der Waals surface area contributed by atoms with Gasteiger partial charge in [0.25, 0.3) is 0 Å². The predicted molar refractivity (Wildman–Crippen MR) is 115 cm³/mol. The molecule has 1 spiro atoms. The van der Waals surface area contributed by atoms with Crippen LogP contribution in [0.25, 0.3) is 0 Å². The van der Waals surface area contributed by atoms with Gasteiger partial charge >= 0.3 is 0 Å². The topological polar surface area (TPSA) is 66.0 Å². The maximum absolute atomic E-state index is 11.6. The van der Waals surface area contributed by atoms with Gasteiger partial charge in [0.1, 0.15) is 0 Å². The number of amides is 1. The van der Waals surface area contributed by atoms with Crippen LogP contribution >= 0.6 is 24.0 Å². The van der Waals surface area contributed by atoms with Gasteiger partial charge in [0.05, 0.1) is 6.10 Å². The summed E-state index contributed by atoms with van der Waals surface area (Å²) in [6.45, 7) is 4.87. The molecule has 6 nitrogen and oxygen atoms in total. The van der Waals surface area contributed by atoms with Gasteiger partial charge in [-0.2, -0.15) is 0 Å². The Bertz CT molecular complexity index is 502. The molecule has 0 aromatic carbocycles. The Morgan fingerprint density at radius 1 is 1.31 bits per heavy atom. The lowest BCUT2D eigenvalue weighted by atomic mass is 9.51. The maximum Gasteiger partial charge on any atom is 0.220 e. The van der Waals surface area contributed by atoms with Gasteiger partial charge in [-0.25, -0.2) is 0 Å². The minimum absolute atomic E-state index is 0. The monoisotopic (exact) mass is 478 g/mol. The zero-order valence-corrected chi connectivity index (χ0v) is 18.8. The molecule has 0 aromatic rings. The van der Waals surface area contributed by atoms with E-state index in [1.807, 2.05) is 7.05 Å². The van der Waals surface area contributed by atoms with Crippen molar-refractivity contribution in [3.8, 4) is 0 Å². The van der Waals surface area contributed by atoms with Gasteiger partial charge in [0, 0.05) is 51.7 Å². The maximum atomic E-state index is 11.6. The molecule has 26 heavy (non-hydrogen) atoms. The third-order valence-corrected chi connectivity index (χ3v) is 6.62. The molecule has 2 aliphatic carbocycles. The number of carbonyl (C=O) groups excluding carboxylic acids is 1. The van der Waals surface area contributed by atoms with E-state index in [1.165, 1.54) is 19.3 Å². The highest BCUT2D eigenvalue weighted by Crippen LogP contribution is 2.57. The second kappa shape index (κ2) is 9.57. The van der Waals surface area contributed by atoms with E-state index in [4.69, 9.17) is 4.74 Å². The molecule has 1 amide bonds. The third kappa shape index (κ3) is 4.29. The van der Waals surface area contributed by atoms with Crippen LogP contribution < -0.4 is 10.6 Å². The summed E-state index contributed by atoms with van der Waals surface area (Å²) in [6.07, 6.45) is 8.18. The Hall–Kier alpha value is -0.570. The zero-order valence-electron chi connectivity index (χ0n) is 16.4. The lowest BCUT2D eigenvalue weighted by Crippen LogP contribution is -2.69. The molecule has 0 radical (unpaired) electrons. The van der Waals surface area contributed by atoms with E-state index in [2.05, 4.69) is 27.4 Å². The molecular weight excluding hydrogens is 443 g/mol. The number of nitrogens with zero attached hydrogens (tertiary/aromatic N) is 2. The van der Waals surface area contributed by atoms with Crippen molar-refractivity contribution in [3.63, 3.8) is 0 Å². The molecule has 1 heterocycles. The fraction of sp³-hybridized carbons (Fsp3) is 0.895. The Morgan fingerprint density at radius 2 is 2.00 bits per heavy atom. The van der Waals surface area contributed by atoms with Crippen LogP contribution in [0.4, 0.5) is 0 Å². The highest BCUT2D eigenvalue weighted by molar-refractivity contribution is 14.0. The summed E-state index contributed by atoms with van der Waals surface area (Å²) in [5.74, 6) is 1.69. The molecule has 150 valence electrons. The van der Waals surface area contributed by atoms with Crippen molar-refractivity contribution in [2.24, 2.45) is 16.3 Å². The Kier molecular flexibility index (Phi) is 8.00. The van der Waals surface area contributed by atoms with Gasteiger partial charge in [0.15, 0.2) is 5.96 Å². The number of hydrogen-bond donors (Lipinski definition) is 2. The number of hydrogen-bond acceptors (Lipinski definition) is 3. The standard InChI is InChI=1S/C19H34N4O2.HI/c1-4-25-16-13-15(19(16)8-5-9-19)22-18(21-3)23-10-6-14(7-11-23)12-17(24)20-2;/h14-16H,4-13H2,1-3H3,(H,20,24)(H,21,22);1H. The lowest BCUT2D eigenvalue weighted by Gasteiger charge is -2.61. The Morgan fingerprint density at radius 3 is 2.50 bits per heavy atom. The first-order valence-electron chi connectivity index (χ1n) is 9.93. The minimum atomic E-state index is 0. The van der Waals surface area contributed by atoms with Gasteiger partial charge in [0.2, 0.25) is 5.91 Å². The van der Waals surface area contributed by atoms with Gasteiger partial charge < -0.3 is 20.3 Å². The van der Waals surface area contributed by atoms with Crippen LogP contribution in [-0.2, 0) is 9.53 Å². The van der Waals surface area contributed by atoms with Crippen molar-refractivity contribution >= 4 is 35.8 Å². The fourth-order valence-electron chi connectivity index (χ4n) is 4.81. The summed E-state index contributed by atoms with van der Waals surface area (Å²) in [7, 11) is 3.60. The summed E-state index contributed by atoms with van der Waals surface area (Å²) < 4.78 is 5.96. The van der Waals surface area contributed by atoms with Crippen LogP contribution in [0.3, 0.4) is 0 Å². The Balaban J connectivity index is 0.00000243. The Labute approximate surface area is 174 Å². The van der Waals surface area contributed by atoms with Crippen molar-refractivity contribution in [1.29, 1.82) is 0 Å². The molecule has 0 aromatic heterocycles. The fourth-order valence-corrected chi connectivity index (χ4v) is 4.81. The average Bonchev–Trinajstić information content (AvgIpc) is 2.57. The van der Waals surface area contributed by atoms with E-state index in [9.17, 15) is 4.79 Å². The lowest BCUT2D eigenvalue weighted by molar-refractivity contribution is -0.169. The van der Waals surface area contributed by atoms with E-state index in [1.54, 1.807) is 7.05 Å². The summed E-state index contributed by atoms with van der Waals surface area (Å²) in [5.41, 5.74) is 0.351. The second-order valence-electron chi connectivity index (χ2n) is 7.82. The number of carbonyl (C=O) groups is 1. The highest BCUT2D eigenvalue weighted by Gasteiger charge is 2.59. The predicted octanol–water partition coefficient (Wildman–Crippen LogP) is 2.38. The minimum Gasteiger partial charge on any atom is -0.378 e. The number of aliphatic imine (C=N–C) groups is 1. The molecule has 3 fully saturated rings. The van der Waals surface area contributed by atoms with Crippen LogP contribution in [0, 0.1) is 11.3 Å². The van der Waals surface area contributed by atoms with Gasteiger partial charge in [-0.3, -0.25) is 9.79 Å². The van der Waals surface area contributed by atoms with E-state index in [0.29, 0.717) is 29.9 Å². The number of guanidine groups is 1. The SMILES string of the molecule is CCOC1CC(NC(=NC)N2CCC(CC(=O)NC)CC2)C12CCC2.I. The molecule has 3 rings (SSSR count). The molecule has 1 saturated heterocycles. The quantitative estimate of drug-likeness (QED) is 0.362. The smallest absolute Gasteiger partial charge is 0.220 e. The van der Waals surface area contributed by atoms with Crippen molar-refractivity contribution in [2.75, 3.05) is 33.8 Å². The van der Waals surface area contributed by atoms with Crippen molar-refractivity contribution in [2.45, 2.75) is 64.0 Å². The van der Waals surface area contributed by atoms with Crippen molar-refractivity contribution < 1.29 is 9.53 Å². The average molecular weight is 478 g/mol. The number of rotatable bonds is 5. The zero-order chi connectivity index (χ0) is 17.9. The molecule has 2 saturated carbocycles. The van der Waals surface area contributed by atoms with E-state index in [-0.39, 0.29) is 29.9 Å². The largest absolute Gasteiger partial charge is 0.378 e. The number of nitrogens with one attached hydrogen (secondary N) is 2. The molecule has 2 atom stereocenters. The highest BCUT2D eigenvalue weighted by atomic mass is 127. The molecular formula is C19H35IN4O2. The van der Waals surface area contributed by atoms with Crippen LogP contribution in [0.2, 0.25) is 0 Å². The van der Waals surface area contributed by atoms with E-state index >= 15 is 0 Å². The van der Waals surface area contributed by atoms with Crippen LogP contribution in [0.1, 0.15) is 51.9 Å². The van der Waals surface area contributed by atoms with Gasteiger partial charge in [-0.15, -0.1) is 24.0 Å². The van der Waals surface area contributed by atoms with Crippen LogP contribution in [-0.4, -0.2) is 62.7 Å². The second-order valence-corrected chi connectivity index (χ2v) is 7.82. The van der Waals surface area contributed by atoms with Gasteiger partial charge in [-0.05, 0) is 44.9 Å². The van der Waals surface area contributed by atoms with Crippen LogP contribution in [0.15, 0.2) is 4.99 Å².